The Morgan fingerprint density at radius 3 is 2.50 bits per heavy atom. The number of para-hydroxylation sites is 1. The Morgan fingerprint density at radius 2 is 1.82 bits per heavy atom. The van der Waals surface area contributed by atoms with Crippen LogP contribution in [0.2, 0.25) is 10.0 Å². The molecular weight excluding hydrogens is 321 g/mol. The Bertz CT molecular complexity index is 674. The van der Waals surface area contributed by atoms with Gasteiger partial charge in [-0.2, -0.15) is 0 Å². The molecule has 4 nitrogen and oxygen atoms in total. The minimum Gasteiger partial charge on any atom is -0.376 e. The van der Waals surface area contributed by atoms with E-state index in [4.69, 9.17) is 23.2 Å². The molecule has 0 bridgehead atoms. The number of amides is 1. The van der Waals surface area contributed by atoms with E-state index in [9.17, 15) is 4.79 Å². The molecule has 2 aromatic carbocycles. The standard InChI is InChI=1S/C16H17Cl2N3O/c1-21(2)15-8-7-11(17)9-14(15)20-16(22)10-19-13-6-4-3-5-12(13)18/h3-9,19H,10H2,1-2H3,(H,20,22). The quantitative estimate of drug-likeness (QED) is 0.862. The van der Waals surface area contributed by atoms with Gasteiger partial charge < -0.3 is 15.5 Å². The first-order valence-corrected chi connectivity index (χ1v) is 7.48. The highest BCUT2D eigenvalue weighted by atomic mass is 35.5. The molecule has 0 saturated carbocycles. The molecule has 0 unspecified atom stereocenters. The molecule has 0 fully saturated rings. The first-order valence-electron chi connectivity index (χ1n) is 6.72. The zero-order valence-electron chi connectivity index (χ0n) is 12.4. The van der Waals surface area contributed by atoms with Gasteiger partial charge in [0, 0.05) is 19.1 Å². The molecule has 22 heavy (non-hydrogen) atoms. The summed E-state index contributed by atoms with van der Waals surface area (Å²) in [5.74, 6) is -0.176. The maximum Gasteiger partial charge on any atom is 0.243 e. The molecule has 6 heteroatoms. The van der Waals surface area contributed by atoms with Crippen LogP contribution in [0.15, 0.2) is 42.5 Å². The molecule has 0 aliphatic heterocycles. The summed E-state index contributed by atoms with van der Waals surface area (Å²) in [5.41, 5.74) is 2.28. The van der Waals surface area contributed by atoms with Gasteiger partial charge >= 0.3 is 0 Å². The average Bonchev–Trinajstić information content (AvgIpc) is 2.46. The summed E-state index contributed by atoms with van der Waals surface area (Å²) >= 11 is 12.0. The van der Waals surface area contributed by atoms with Crippen LogP contribution >= 0.6 is 23.2 Å². The van der Waals surface area contributed by atoms with Crippen molar-refractivity contribution in [2.45, 2.75) is 0 Å². The Balaban J connectivity index is 2.03. The van der Waals surface area contributed by atoms with Crippen molar-refractivity contribution < 1.29 is 4.79 Å². The molecule has 0 spiro atoms. The van der Waals surface area contributed by atoms with Crippen LogP contribution in [-0.2, 0) is 4.79 Å². The number of benzene rings is 2. The molecular formula is C16H17Cl2N3O. The SMILES string of the molecule is CN(C)c1ccc(Cl)cc1NC(=O)CNc1ccccc1Cl. The number of rotatable bonds is 5. The van der Waals surface area contributed by atoms with Gasteiger partial charge in [0.15, 0.2) is 0 Å². The second-order valence-electron chi connectivity index (χ2n) is 4.94. The van der Waals surface area contributed by atoms with E-state index < -0.39 is 0 Å². The normalized spacial score (nSPS) is 10.2. The lowest BCUT2D eigenvalue weighted by Gasteiger charge is -2.18. The average molecular weight is 338 g/mol. The Morgan fingerprint density at radius 1 is 1.09 bits per heavy atom. The number of hydrogen-bond donors (Lipinski definition) is 2. The van der Waals surface area contributed by atoms with Crippen LogP contribution in [-0.4, -0.2) is 26.5 Å². The smallest absolute Gasteiger partial charge is 0.243 e. The summed E-state index contributed by atoms with van der Waals surface area (Å²) in [6, 6.07) is 12.7. The molecule has 2 N–H and O–H groups in total. The predicted octanol–water partition coefficient (Wildman–Crippen LogP) is 4.11. The predicted molar refractivity (Wildman–Crippen MR) is 94.4 cm³/mol. The van der Waals surface area contributed by atoms with E-state index in [1.54, 1.807) is 18.2 Å². The van der Waals surface area contributed by atoms with Crippen LogP contribution in [0.1, 0.15) is 0 Å². The highest BCUT2D eigenvalue weighted by molar-refractivity contribution is 6.33. The number of anilines is 3. The summed E-state index contributed by atoms with van der Waals surface area (Å²) in [6.45, 7) is 0.114. The topological polar surface area (TPSA) is 44.4 Å². The summed E-state index contributed by atoms with van der Waals surface area (Å²) in [5, 5.41) is 7.00. The van der Waals surface area contributed by atoms with Crippen molar-refractivity contribution in [3.8, 4) is 0 Å². The van der Waals surface area contributed by atoms with Crippen LogP contribution < -0.4 is 15.5 Å². The van der Waals surface area contributed by atoms with Gasteiger partial charge in [-0.05, 0) is 30.3 Å². The van der Waals surface area contributed by atoms with Crippen LogP contribution in [0.3, 0.4) is 0 Å². The number of halogens is 2. The Kier molecular flexibility index (Phi) is 5.52. The van der Waals surface area contributed by atoms with Gasteiger partial charge in [0.05, 0.1) is 28.6 Å². The van der Waals surface area contributed by atoms with Gasteiger partial charge in [-0.3, -0.25) is 4.79 Å². The van der Waals surface area contributed by atoms with Crippen molar-refractivity contribution in [1.82, 2.24) is 0 Å². The van der Waals surface area contributed by atoms with Gasteiger partial charge in [0.1, 0.15) is 0 Å². The van der Waals surface area contributed by atoms with Gasteiger partial charge in [-0.15, -0.1) is 0 Å². The van der Waals surface area contributed by atoms with Gasteiger partial charge in [-0.1, -0.05) is 35.3 Å². The molecule has 0 heterocycles. The number of carbonyl (C=O) groups excluding carboxylic acids is 1. The van der Waals surface area contributed by atoms with Crippen molar-refractivity contribution in [3.63, 3.8) is 0 Å². The zero-order chi connectivity index (χ0) is 16.1. The van der Waals surface area contributed by atoms with E-state index >= 15 is 0 Å². The number of hydrogen-bond acceptors (Lipinski definition) is 3. The van der Waals surface area contributed by atoms with Gasteiger partial charge in [-0.25, -0.2) is 0 Å². The van der Waals surface area contributed by atoms with Gasteiger partial charge in [0.25, 0.3) is 0 Å². The van der Waals surface area contributed by atoms with Crippen LogP contribution in [0.4, 0.5) is 17.1 Å². The van der Waals surface area contributed by atoms with E-state index in [0.717, 1.165) is 11.4 Å². The number of carbonyl (C=O) groups is 1. The van der Waals surface area contributed by atoms with E-state index in [2.05, 4.69) is 10.6 Å². The fraction of sp³-hybridized carbons (Fsp3) is 0.188. The maximum absolute atomic E-state index is 12.1. The molecule has 1 amide bonds. The van der Waals surface area contributed by atoms with E-state index in [0.29, 0.717) is 15.7 Å². The molecule has 116 valence electrons. The highest BCUT2D eigenvalue weighted by Gasteiger charge is 2.09. The summed E-state index contributed by atoms with van der Waals surface area (Å²) in [7, 11) is 3.81. The largest absolute Gasteiger partial charge is 0.376 e. The summed E-state index contributed by atoms with van der Waals surface area (Å²) in [4.78, 5) is 14.0. The molecule has 0 aromatic heterocycles. The summed E-state index contributed by atoms with van der Waals surface area (Å²) < 4.78 is 0. The van der Waals surface area contributed by atoms with Crippen molar-refractivity contribution >= 4 is 46.2 Å². The van der Waals surface area contributed by atoms with Crippen LogP contribution in [0.25, 0.3) is 0 Å². The third-order valence-electron chi connectivity index (χ3n) is 3.03. The molecule has 2 aromatic rings. The van der Waals surface area contributed by atoms with Crippen molar-refractivity contribution in [2.24, 2.45) is 0 Å². The zero-order valence-corrected chi connectivity index (χ0v) is 13.9. The lowest BCUT2D eigenvalue weighted by Crippen LogP contribution is -2.23. The van der Waals surface area contributed by atoms with E-state index in [1.165, 1.54) is 0 Å². The first-order chi connectivity index (χ1) is 10.5. The van der Waals surface area contributed by atoms with Crippen molar-refractivity contribution in [1.29, 1.82) is 0 Å². The second kappa shape index (κ2) is 7.38. The maximum atomic E-state index is 12.1. The van der Waals surface area contributed by atoms with Crippen molar-refractivity contribution in [2.75, 3.05) is 36.2 Å². The molecule has 0 aliphatic rings. The fourth-order valence-electron chi connectivity index (χ4n) is 1.97. The molecule has 0 aliphatic carbocycles. The molecule has 2 rings (SSSR count). The molecule has 0 radical (unpaired) electrons. The minimum absolute atomic E-state index is 0.114. The number of nitrogens with zero attached hydrogens (tertiary/aromatic N) is 1. The molecule has 0 saturated heterocycles. The second-order valence-corrected chi connectivity index (χ2v) is 5.78. The van der Waals surface area contributed by atoms with Crippen molar-refractivity contribution in [3.05, 3.63) is 52.5 Å². The fourth-order valence-corrected chi connectivity index (χ4v) is 2.35. The lowest BCUT2D eigenvalue weighted by atomic mass is 10.2. The summed E-state index contributed by atoms with van der Waals surface area (Å²) in [6.07, 6.45) is 0. The minimum atomic E-state index is -0.176. The van der Waals surface area contributed by atoms with E-state index in [-0.39, 0.29) is 12.5 Å². The third kappa shape index (κ3) is 4.29. The Hall–Kier alpha value is -1.91. The lowest BCUT2D eigenvalue weighted by molar-refractivity contribution is -0.114. The van der Waals surface area contributed by atoms with Gasteiger partial charge in [0.2, 0.25) is 5.91 Å². The Labute approximate surface area is 140 Å². The number of nitrogens with one attached hydrogen (secondary N) is 2. The molecule has 0 atom stereocenters. The third-order valence-corrected chi connectivity index (χ3v) is 3.59. The van der Waals surface area contributed by atoms with Crippen LogP contribution in [0.5, 0.6) is 0 Å². The highest BCUT2D eigenvalue weighted by Crippen LogP contribution is 2.27. The van der Waals surface area contributed by atoms with Crippen LogP contribution in [0, 0.1) is 0 Å². The van der Waals surface area contributed by atoms with E-state index in [1.807, 2.05) is 43.3 Å². The monoisotopic (exact) mass is 337 g/mol. The first kappa shape index (κ1) is 16.5.